The molecule has 0 aliphatic carbocycles. The van der Waals surface area contributed by atoms with Crippen LogP contribution in [0.1, 0.15) is 26.7 Å². The van der Waals surface area contributed by atoms with E-state index in [1.165, 1.54) is 0 Å². The minimum atomic E-state index is -0.162. The molecule has 2 rings (SSSR count). The van der Waals surface area contributed by atoms with E-state index in [9.17, 15) is 5.11 Å². The van der Waals surface area contributed by atoms with Gasteiger partial charge >= 0.3 is 0 Å². The van der Waals surface area contributed by atoms with Crippen molar-refractivity contribution in [2.24, 2.45) is 5.41 Å². The lowest BCUT2D eigenvalue weighted by atomic mass is 9.90. The van der Waals surface area contributed by atoms with E-state index in [-0.39, 0.29) is 11.5 Å². The average Bonchev–Trinajstić information content (AvgIpc) is 2.43. The minimum absolute atomic E-state index is 0.0678. The third-order valence-corrected chi connectivity index (χ3v) is 3.63. The monoisotopic (exact) mass is 199 g/mol. The SMILES string of the molecule is CC1(C)CN(C2CCOCC2)CC1O. The van der Waals surface area contributed by atoms with Crippen LogP contribution in [-0.4, -0.2) is 48.5 Å². The van der Waals surface area contributed by atoms with Gasteiger partial charge in [-0.05, 0) is 12.8 Å². The van der Waals surface area contributed by atoms with Crippen LogP contribution in [0.5, 0.6) is 0 Å². The Kier molecular flexibility index (Phi) is 2.82. The van der Waals surface area contributed by atoms with Gasteiger partial charge in [-0.25, -0.2) is 0 Å². The lowest BCUT2D eigenvalue weighted by Crippen LogP contribution is -2.38. The van der Waals surface area contributed by atoms with E-state index in [1.807, 2.05) is 0 Å². The van der Waals surface area contributed by atoms with Gasteiger partial charge in [0, 0.05) is 37.8 Å². The van der Waals surface area contributed by atoms with E-state index in [0.29, 0.717) is 6.04 Å². The summed E-state index contributed by atoms with van der Waals surface area (Å²) in [5.41, 5.74) is 0.0678. The molecule has 2 heterocycles. The Labute approximate surface area is 86.0 Å². The number of rotatable bonds is 1. The van der Waals surface area contributed by atoms with Gasteiger partial charge in [-0.1, -0.05) is 13.8 Å². The van der Waals surface area contributed by atoms with Crippen molar-refractivity contribution in [2.45, 2.75) is 38.8 Å². The number of likely N-dealkylation sites (tertiary alicyclic amines) is 1. The lowest BCUT2D eigenvalue weighted by molar-refractivity contribution is 0.0376. The number of hydrogen-bond donors (Lipinski definition) is 1. The van der Waals surface area contributed by atoms with Crippen molar-refractivity contribution in [3.63, 3.8) is 0 Å². The zero-order valence-corrected chi connectivity index (χ0v) is 9.20. The highest BCUT2D eigenvalue weighted by molar-refractivity contribution is 4.93. The molecule has 2 fully saturated rings. The molecule has 0 amide bonds. The van der Waals surface area contributed by atoms with Crippen molar-refractivity contribution in [2.75, 3.05) is 26.3 Å². The Morgan fingerprint density at radius 3 is 2.43 bits per heavy atom. The molecule has 0 aromatic carbocycles. The van der Waals surface area contributed by atoms with Crippen LogP contribution in [0.25, 0.3) is 0 Å². The first-order valence-corrected chi connectivity index (χ1v) is 5.59. The minimum Gasteiger partial charge on any atom is -0.391 e. The van der Waals surface area contributed by atoms with Crippen molar-refractivity contribution in [3.05, 3.63) is 0 Å². The Bertz CT molecular complexity index is 199. The van der Waals surface area contributed by atoms with Crippen LogP contribution >= 0.6 is 0 Å². The van der Waals surface area contributed by atoms with E-state index < -0.39 is 0 Å². The van der Waals surface area contributed by atoms with Gasteiger partial charge in [-0.15, -0.1) is 0 Å². The summed E-state index contributed by atoms with van der Waals surface area (Å²) in [5.74, 6) is 0. The molecule has 2 aliphatic rings. The van der Waals surface area contributed by atoms with Gasteiger partial charge in [0.15, 0.2) is 0 Å². The molecule has 1 unspecified atom stereocenters. The number of aliphatic hydroxyl groups excluding tert-OH is 1. The van der Waals surface area contributed by atoms with Crippen LogP contribution in [0.2, 0.25) is 0 Å². The molecule has 82 valence electrons. The zero-order valence-electron chi connectivity index (χ0n) is 9.20. The second-order valence-electron chi connectivity index (χ2n) is 5.28. The highest BCUT2D eigenvalue weighted by Gasteiger charge is 2.40. The quantitative estimate of drug-likeness (QED) is 0.680. The van der Waals surface area contributed by atoms with E-state index in [1.54, 1.807) is 0 Å². The fraction of sp³-hybridized carbons (Fsp3) is 1.00. The largest absolute Gasteiger partial charge is 0.391 e. The predicted octanol–water partition coefficient (Wildman–Crippen LogP) is 0.868. The van der Waals surface area contributed by atoms with Crippen molar-refractivity contribution in [1.29, 1.82) is 0 Å². The van der Waals surface area contributed by atoms with Crippen molar-refractivity contribution in [3.8, 4) is 0 Å². The fourth-order valence-corrected chi connectivity index (χ4v) is 2.49. The second-order valence-corrected chi connectivity index (χ2v) is 5.28. The normalized spacial score (nSPS) is 34.9. The summed E-state index contributed by atoms with van der Waals surface area (Å²) in [6.45, 7) is 7.94. The molecular formula is C11H21NO2. The highest BCUT2D eigenvalue weighted by Crippen LogP contribution is 2.32. The molecule has 0 bridgehead atoms. The molecule has 1 atom stereocenters. The number of β-amino-alcohol motifs (C(OH)–C–C–N with tert-alkyl or cyclic N) is 1. The molecule has 2 saturated heterocycles. The van der Waals surface area contributed by atoms with Crippen LogP contribution < -0.4 is 0 Å². The summed E-state index contributed by atoms with van der Waals surface area (Å²) < 4.78 is 5.35. The Morgan fingerprint density at radius 2 is 1.93 bits per heavy atom. The molecule has 0 saturated carbocycles. The third kappa shape index (κ3) is 1.95. The van der Waals surface area contributed by atoms with Crippen LogP contribution in [0.4, 0.5) is 0 Å². The maximum atomic E-state index is 9.89. The molecule has 2 aliphatic heterocycles. The highest BCUT2D eigenvalue weighted by atomic mass is 16.5. The van der Waals surface area contributed by atoms with E-state index in [0.717, 1.165) is 39.1 Å². The van der Waals surface area contributed by atoms with Gasteiger partial charge in [0.05, 0.1) is 6.10 Å². The molecule has 0 aromatic rings. The van der Waals surface area contributed by atoms with Gasteiger partial charge < -0.3 is 9.84 Å². The first kappa shape index (κ1) is 10.4. The molecule has 0 radical (unpaired) electrons. The molecule has 14 heavy (non-hydrogen) atoms. The Hall–Kier alpha value is -0.120. The molecule has 0 aromatic heterocycles. The van der Waals surface area contributed by atoms with Crippen LogP contribution in [-0.2, 0) is 4.74 Å². The van der Waals surface area contributed by atoms with Crippen LogP contribution in [0.15, 0.2) is 0 Å². The van der Waals surface area contributed by atoms with Crippen molar-refractivity contribution < 1.29 is 9.84 Å². The van der Waals surface area contributed by atoms with E-state index in [2.05, 4.69) is 18.7 Å². The van der Waals surface area contributed by atoms with Gasteiger partial charge in [0.1, 0.15) is 0 Å². The number of ether oxygens (including phenoxy) is 1. The first-order valence-electron chi connectivity index (χ1n) is 5.59. The van der Waals surface area contributed by atoms with Crippen molar-refractivity contribution in [1.82, 2.24) is 4.90 Å². The smallest absolute Gasteiger partial charge is 0.0730 e. The summed E-state index contributed by atoms with van der Waals surface area (Å²) in [4.78, 5) is 2.44. The maximum Gasteiger partial charge on any atom is 0.0730 e. The summed E-state index contributed by atoms with van der Waals surface area (Å²) in [6.07, 6.45) is 2.09. The van der Waals surface area contributed by atoms with Gasteiger partial charge in [-0.3, -0.25) is 4.90 Å². The molecule has 3 heteroatoms. The zero-order chi connectivity index (χ0) is 10.2. The van der Waals surface area contributed by atoms with Gasteiger partial charge in [0.2, 0.25) is 0 Å². The molecule has 1 N–H and O–H groups in total. The van der Waals surface area contributed by atoms with E-state index >= 15 is 0 Å². The summed E-state index contributed by atoms with van der Waals surface area (Å²) in [6, 6.07) is 0.639. The topological polar surface area (TPSA) is 32.7 Å². The van der Waals surface area contributed by atoms with Crippen molar-refractivity contribution >= 4 is 0 Å². The predicted molar refractivity (Wildman–Crippen MR) is 55.2 cm³/mol. The lowest BCUT2D eigenvalue weighted by Gasteiger charge is -2.31. The number of nitrogens with zero attached hydrogens (tertiary/aromatic N) is 1. The Balaban J connectivity index is 1.93. The Morgan fingerprint density at radius 1 is 1.29 bits per heavy atom. The van der Waals surface area contributed by atoms with E-state index in [4.69, 9.17) is 4.74 Å². The molecular weight excluding hydrogens is 178 g/mol. The second kappa shape index (κ2) is 3.80. The van der Waals surface area contributed by atoms with Gasteiger partial charge in [-0.2, -0.15) is 0 Å². The standard InChI is InChI=1S/C11H21NO2/c1-11(2)8-12(7-10(11)13)9-3-5-14-6-4-9/h9-10,13H,3-8H2,1-2H3. The third-order valence-electron chi connectivity index (χ3n) is 3.63. The van der Waals surface area contributed by atoms with Gasteiger partial charge in [0.25, 0.3) is 0 Å². The number of aliphatic hydroxyl groups is 1. The fourth-order valence-electron chi connectivity index (χ4n) is 2.49. The summed E-state index contributed by atoms with van der Waals surface area (Å²) in [5, 5.41) is 9.89. The summed E-state index contributed by atoms with van der Waals surface area (Å²) >= 11 is 0. The number of hydrogen-bond acceptors (Lipinski definition) is 3. The van der Waals surface area contributed by atoms with Crippen LogP contribution in [0.3, 0.4) is 0 Å². The molecule has 0 spiro atoms. The maximum absolute atomic E-state index is 9.89. The average molecular weight is 199 g/mol. The first-order chi connectivity index (χ1) is 6.59. The summed E-state index contributed by atoms with van der Waals surface area (Å²) in [7, 11) is 0. The molecule has 3 nitrogen and oxygen atoms in total. The van der Waals surface area contributed by atoms with Crippen LogP contribution in [0, 0.1) is 5.41 Å².